The van der Waals surface area contributed by atoms with Crippen LogP contribution in [0.5, 0.6) is 0 Å². The molecule has 3 atom stereocenters. The Morgan fingerprint density at radius 3 is 2.73 bits per heavy atom. The summed E-state index contributed by atoms with van der Waals surface area (Å²) in [5, 5.41) is 36.2. The van der Waals surface area contributed by atoms with Gasteiger partial charge in [0.1, 0.15) is 5.69 Å². The molecule has 0 bridgehead atoms. The van der Waals surface area contributed by atoms with Crippen LogP contribution in [-0.2, 0) is 9.59 Å². The zero-order valence-electron chi connectivity index (χ0n) is 16.7. The maximum absolute atomic E-state index is 12.0. The molecule has 30 heavy (non-hydrogen) atoms. The van der Waals surface area contributed by atoms with E-state index in [1.54, 1.807) is 28.9 Å². The molecule has 10 heteroatoms. The number of aliphatic carboxylic acids is 1. The third-order valence-electron chi connectivity index (χ3n) is 4.97. The van der Waals surface area contributed by atoms with Gasteiger partial charge in [0.25, 0.3) is 0 Å². The van der Waals surface area contributed by atoms with Crippen molar-refractivity contribution in [3.8, 4) is 5.69 Å². The summed E-state index contributed by atoms with van der Waals surface area (Å²) in [6, 6.07) is 6.61. The van der Waals surface area contributed by atoms with E-state index in [0.29, 0.717) is 12.1 Å². The zero-order chi connectivity index (χ0) is 21.8. The first-order valence-electron chi connectivity index (χ1n) is 9.44. The van der Waals surface area contributed by atoms with Crippen LogP contribution >= 0.6 is 11.8 Å². The molecule has 0 fully saturated rings. The van der Waals surface area contributed by atoms with E-state index < -0.39 is 11.2 Å². The summed E-state index contributed by atoms with van der Waals surface area (Å²) in [5.41, 5.74) is 3.38. The highest BCUT2D eigenvalue weighted by molar-refractivity contribution is 8.00. The third kappa shape index (κ3) is 4.90. The zero-order valence-corrected chi connectivity index (χ0v) is 17.5. The van der Waals surface area contributed by atoms with Gasteiger partial charge < -0.3 is 15.6 Å². The molecule has 0 saturated heterocycles. The number of carboxylic acids is 1. The third-order valence-corrected chi connectivity index (χ3v) is 5.89. The molecule has 1 amide bonds. The van der Waals surface area contributed by atoms with E-state index in [-0.39, 0.29) is 35.1 Å². The normalized spacial score (nSPS) is 19.1. The fourth-order valence-corrected chi connectivity index (χ4v) is 4.31. The number of carbonyl (C=O) groups is 2. The van der Waals surface area contributed by atoms with Crippen LogP contribution < -0.4 is 10.5 Å². The number of quaternary nitrogens is 1. The van der Waals surface area contributed by atoms with Crippen LogP contribution in [0.1, 0.15) is 29.3 Å². The maximum Gasteiger partial charge on any atom is 0.313 e. The number of nitrogens with one attached hydrogen (secondary N) is 2. The SMILES string of the molecule is Cc1nn(-c2ccccc2[NH+]([O-])O)c(C)c1[C@H]1C=C[C@@H](NC(=O)CSCC(=O)O)C1. The fourth-order valence-electron chi connectivity index (χ4n) is 3.76. The Morgan fingerprint density at radius 2 is 2.03 bits per heavy atom. The number of benzene rings is 1. The van der Waals surface area contributed by atoms with Crippen LogP contribution in [0.2, 0.25) is 0 Å². The number of hydrogen-bond donors (Lipinski definition) is 4. The van der Waals surface area contributed by atoms with E-state index in [2.05, 4.69) is 10.4 Å². The average molecular weight is 433 g/mol. The highest BCUT2D eigenvalue weighted by atomic mass is 32.2. The van der Waals surface area contributed by atoms with Crippen LogP contribution in [0, 0.1) is 19.1 Å². The lowest BCUT2D eigenvalue weighted by atomic mass is 9.96. The van der Waals surface area contributed by atoms with Crippen molar-refractivity contribution in [2.24, 2.45) is 0 Å². The predicted molar refractivity (Wildman–Crippen MR) is 112 cm³/mol. The second-order valence-corrected chi connectivity index (χ2v) is 8.09. The Balaban J connectivity index is 1.72. The number of para-hydroxylation sites is 2. The number of aryl methyl sites for hydroxylation is 1. The first kappa shape index (κ1) is 22.0. The van der Waals surface area contributed by atoms with Crippen LogP contribution in [0.25, 0.3) is 5.69 Å². The summed E-state index contributed by atoms with van der Waals surface area (Å²) < 4.78 is 1.66. The highest BCUT2D eigenvalue weighted by Crippen LogP contribution is 2.34. The molecular formula is C20H24N4O5S. The van der Waals surface area contributed by atoms with E-state index in [4.69, 9.17) is 5.11 Å². The standard InChI is InChI=1S/C20H24N4O5S/c1-12-20(13(2)23(22-12)16-5-3-4-6-17(16)24(28)29)14-7-8-15(9-14)21-18(25)10-30-11-19(26)27/h3-8,14-15,24,28H,9-11H2,1-2H3,(H,21,25)(H,26,27)/t14-,15+/m0/s1. The van der Waals surface area contributed by atoms with E-state index >= 15 is 0 Å². The minimum Gasteiger partial charge on any atom is -0.595 e. The summed E-state index contributed by atoms with van der Waals surface area (Å²) >= 11 is 1.06. The Bertz CT molecular complexity index is 972. The Morgan fingerprint density at radius 1 is 1.30 bits per heavy atom. The van der Waals surface area contributed by atoms with Gasteiger partial charge in [-0.1, -0.05) is 24.3 Å². The van der Waals surface area contributed by atoms with Gasteiger partial charge in [-0.3, -0.25) is 9.59 Å². The van der Waals surface area contributed by atoms with Gasteiger partial charge in [-0.25, -0.2) is 9.89 Å². The Hall–Kier alpha value is -2.66. The number of aromatic nitrogens is 2. The number of carboxylic acid groups (broad SMARTS) is 1. The molecule has 1 aliphatic rings. The number of carbonyl (C=O) groups excluding carboxylic acids is 1. The van der Waals surface area contributed by atoms with Gasteiger partial charge in [0.2, 0.25) is 5.91 Å². The summed E-state index contributed by atoms with van der Waals surface area (Å²) in [6.45, 7) is 3.81. The minimum absolute atomic E-state index is 0.0488. The highest BCUT2D eigenvalue weighted by Gasteiger charge is 2.27. The molecule has 0 aliphatic heterocycles. The largest absolute Gasteiger partial charge is 0.595 e. The number of hydrogen-bond acceptors (Lipinski definition) is 6. The van der Waals surface area contributed by atoms with Crippen LogP contribution in [0.4, 0.5) is 5.69 Å². The lowest BCUT2D eigenvalue weighted by molar-refractivity contribution is -0.991. The van der Waals surface area contributed by atoms with E-state index in [9.17, 15) is 20.0 Å². The van der Waals surface area contributed by atoms with Crippen LogP contribution in [0.15, 0.2) is 36.4 Å². The van der Waals surface area contributed by atoms with Crippen molar-refractivity contribution in [3.63, 3.8) is 0 Å². The Kier molecular flexibility index (Phi) is 6.93. The molecule has 160 valence electrons. The molecule has 9 nitrogen and oxygen atoms in total. The number of thioether (sulfide) groups is 1. The van der Waals surface area contributed by atoms with E-state index in [1.807, 2.05) is 26.0 Å². The molecule has 1 heterocycles. The van der Waals surface area contributed by atoms with Gasteiger partial charge in [-0.2, -0.15) is 10.3 Å². The first-order chi connectivity index (χ1) is 14.3. The summed E-state index contributed by atoms with van der Waals surface area (Å²) in [4.78, 5) is 22.6. The van der Waals surface area contributed by atoms with Crippen LogP contribution in [0.3, 0.4) is 0 Å². The molecular weight excluding hydrogens is 408 g/mol. The van der Waals surface area contributed by atoms with Gasteiger partial charge >= 0.3 is 5.97 Å². The van der Waals surface area contributed by atoms with Crippen molar-refractivity contribution in [1.82, 2.24) is 15.1 Å². The van der Waals surface area contributed by atoms with Gasteiger partial charge in [0, 0.05) is 29.3 Å². The molecule has 4 N–H and O–H groups in total. The quantitative estimate of drug-likeness (QED) is 0.364. The molecule has 3 rings (SSSR count). The van der Waals surface area contributed by atoms with Crippen molar-refractivity contribution in [3.05, 3.63) is 58.6 Å². The second kappa shape index (κ2) is 9.43. The Labute approximate surface area is 177 Å². The van der Waals surface area contributed by atoms with Crippen molar-refractivity contribution in [2.45, 2.75) is 32.2 Å². The average Bonchev–Trinajstić information content (AvgIpc) is 3.24. The van der Waals surface area contributed by atoms with Gasteiger partial charge in [-0.05, 0) is 26.3 Å². The van der Waals surface area contributed by atoms with Gasteiger partial charge in [0.05, 0.1) is 17.2 Å². The van der Waals surface area contributed by atoms with Crippen LogP contribution in [-0.4, -0.2) is 49.5 Å². The molecule has 0 spiro atoms. The van der Waals surface area contributed by atoms with Crippen molar-refractivity contribution in [2.75, 3.05) is 11.5 Å². The summed E-state index contributed by atoms with van der Waals surface area (Å²) in [5.74, 6) is -1.10. The minimum atomic E-state index is -1.01. The summed E-state index contributed by atoms with van der Waals surface area (Å²) in [6.07, 6.45) is 4.63. The number of amides is 1. The molecule has 1 aromatic heterocycles. The fraction of sp³-hybridized carbons (Fsp3) is 0.350. The molecule has 0 saturated carbocycles. The lowest BCUT2D eigenvalue weighted by Crippen LogP contribution is -2.99. The lowest BCUT2D eigenvalue weighted by Gasteiger charge is -2.17. The van der Waals surface area contributed by atoms with Crippen molar-refractivity contribution < 1.29 is 25.1 Å². The first-order valence-corrected chi connectivity index (χ1v) is 10.6. The maximum atomic E-state index is 12.0. The topological polar surface area (TPSA) is 132 Å². The molecule has 2 aromatic rings. The van der Waals surface area contributed by atoms with Crippen molar-refractivity contribution >= 4 is 29.3 Å². The summed E-state index contributed by atoms with van der Waals surface area (Å²) in [7, 11) is 0. The van der Waals surface area contributed by atoms with Crippen molar-refractivity contribution in [1.29, 1.82) is 0 Å². The van der Waals surface area contributed by atoms with Gasteiger partial charge in [-0.15, -0.1) is 11.8 Å². The monoisotopic (exact) mass is 432 g/mol. The van der Waals surface area contributed by atoms with Gasteiger partial charge in [0.15, 0.2) is 5.69 Å². The second-order valence-electron chi connectivity index (χ2n) is 7.11. The molecule has 1 aliphatic carbocycles. The number of allylic oxidation sites excluding steroid dienone is 1. The molecule has 1 aromatic carbocycles. The number of rotatable bonds is 8. The van der Waals surface area contributed by atoms with E-state index in [1.165, 1.54) is 0 Å². The smallest absolute Gasteiger partial charge is 0.313 e. The number of nitrogens with zero attached hydrogens (tertiary/aromatic N) is 2. The van der Waals surface area contributed by atoms with E-state index in [0.717, 1.165) is 28.7 Å². The molecule has 1 unspecified atom stereocenters. The molecule has 0 radical (unpaired) electrons. The predicted octanol–water partition coefficient (Wildman–Crippen LogP) is 1.24.